The fourth-order valence-corrected chi connectivity index (χ4v) is 3.03. The number of halogens is 2. The minimum Gasteiger partial charge on any atom is -0.289 e. The second kappa shape index (κ2) is 7.05. The molecule has 0 spiro atoms. The van der Waals surface area contributed by atoms with E-state index in [1.165, 1.54) is 24.3 Å². The van der Waals surface area contributed by atoms with Crippen LogP contribution >= 0.6 is 23.2 Å². The molecule has 0 aromatic heterocycles. The van der Waals surface area contributed by atoms with Gasteiger partial charge in [0.25, 0.3) is 5.69 Å². The lowest BCUT2D eigenvalue weighted by atomic mass is 9.93. The molecule has 4 nitrogen and oxygen atoms in total. The lowest BCUT2D eigenvalue weighted by molar-refractivity contribution is -0.384. The molecule has 0 unspecified atom stereocenters. The average molecular weight is 372 g/mol. The maximum absolute atomic E-state index is 12.9. The summed E-state index contributed by atoms with van der Waals surface area (Å²) < 4.78 is 0. The SMILES string of the molecule is O=C(c1ccccc1)c1ccc([N+](=O)[O-])cc1-c1ccc(Cl)cc1Cl. The van der Waals surface area contributed by atoms with E-state index in [9.17, 15) is 14.9 Å². The van der Waals surface area contributed by atoms with Crippen molar-refractivity contribution in [3.05, 3.63) is 98.0 Å². The molecule has 3 rings (SSSR count). The molecule has 0 saturated carbocycles. The number of rotatable bonds is 4. The first kappa shape index (κ1) is 17.1. The number of carbonyl (C=O) groups excluding carboxylic acids is 1. The van der Waals surface area contributed by atoms with Crippen LogP contribution in [-0.2, 0) is 0 Å². The summed E-state index contributed by atoms with van der Waals surface area (Å²) in [5, 5.41) is 11.9. The third-order valence-electron chi connectivity index (χ3n) is 3.72. The molecule has 0 fully saturated rings. The highest BCUT2D eigenvalue weighted by Crippen LogP contribution is 2.35. The van der Waals surface area contributed by atoms with Crippen molar-refractivity contribution in [1.29, 1.82) is 0 Å². The number of nitro groups is 1. The van der Waals surface area contributed by atoms with Gasteiger partial charge in [-0.15, -0.1) is 0 Å². The molecule has 0 radical (unpaired) electrons. The zero-order chi connectivity index (χ0) is 18.0. The van der Waals surface area contributed by atoms with E-state index in [1.807, 2.05) is 6.07 Å². The van der Waals surface area contributed by atoms with Gasteiger partial charge >= 0.3 is 0 Å². The van der Waals surface area contributed by atoms with E-state index >= 15 is 0 Å². The number of nitro benzene ring substituents is 1. The summed E-state index contributed by atoms with van der Waals surface area (Å²) in [6.07, 6.45) is 0. The summed E-state index contributed by atoms with van der Waals surface area (Å²) in [7, 11) is 0. The van der Waals surface area contributed by atoms with Crippen molar-refractivity contribution in [2.45, 2.75) is 0 Å². The Labute approximate surface area is 153 Å². The van der Waals surface area contributed by atoms with E-state index in [4.69, 9.17) is 23.2 Å². The van der Waals surface area contributed by atoms with Crippen LogP contribution in [0, 0.1) is 10.1 Å². The Morgan fingerprint density at radius 1 is 0.880 bits per heavy atom. The molecule has 0 heterocycles. The summed E-state index contributed by atoms with van der Waals surface area (Å²) >= 11 is 12.2. The van der Waals surface area contributed by atoms with Gasteiger partial charge in [0.15, 0.2) is 5.78 Å². The Bertz CT molecular complexity index is 972. The Hall–Kier alpha value is -2.69. The fraction of sp³-hybridized carbons (Fsp3) is 0. The van der Waals surface area contributed by atoms with Crippen molar-refractivity contribution in [1.82, 2.24) is 0 Å². The normalized spacial score (nSPS) is 10.5. The predicted molar refractivity (Wildman–Crippen MR) is 98.4 cm³/mol. The van der Waals surface area contributed by atoms with Crippen molar-refractivity contribution < 1.29 is 9.72 Å². The van der Waals surface area contributed by atoms with Crippen LogP contribution in [0.25, 0.3) is 11.1 Å². The van der Waals surface area contributed by atoms with Gasteiger partial charge in [-0.05, 0) is 18.2 Å². The van der Waals surface area contributed by atoms with Crippen molar-refractivity contribution >= 4 is 34.7 Å². The number of carbonyl (C=O) groups is 1. The van der Waals surface area contributed by atoms with Crippen molar-refractivity contribution in [3.63, 3.8) is 0 Å². The molecule has 0 atom stereocenters. The Balaban J connectivity index is 2.22. The van der Waals surface area contributed by atoms with E-state index in [0.29, 0.717) is 32.3 Å². The molecular formula is C19H11Cl2NO3. The number of ketones is 1. The maximum atomic E-state index is 12.9. The maximum Gasteiger partial charge on any atom is 0.270 e. The molecular weight excluding hydrogens is 361 g/mol. The summed E-state index contributed by atoms with van der Waals surface area (Å²) in [6.45, 7) is 0. The van der Waals surface area contributed by atoms with Gasteiger partial charge in [-0.25, -0.2) is 0 Å². The number of benzene rings is 3. The topological polar surface area (TPSA) is 60.2 Å². The third kappa shape index (κ3) is 3.55. The van der Waals surface area contributed by atoms with E-state index in [2.05, 4.69) is 0 Å². The molecule has 3 aromatic rings. The number of nitrogens with zero attached hydrogens (tertiary/aromatic N) is 1. The van der Waals surface area contributed by atoms with Crippen LogP contribution in [-0.4, -0.2) is 10.7 Å². The highest BCUT2D eigenvalue weighted by molar-refractivity contribution is 6.36. The fourth-order valence-electron chi connectivity index (χ4n) is 2.52. The van der Waals surface area contributed by atoms with Crippen LogP contribution in [0.3, 0.4) is 0 Å². The summed E-state index contributed by atoms with van der Waals surface area (Å²) in [6, 6.07) is 17.6. The third-order valence-corrected chi connectivity index (χ3v) is 4.26. The lowest BCUT2D eigenvalue weighted by Gasteiger charge is -2.11. The van der Waals surface area contributed by atoms with Gasteiger partial charge in [-0.3, -0.25) is 14.9 Å². The molecule has 0 bridgehead atoms. The minimum absolute atomic E-state index is 0.120. The van der Waals surface area contributed by atoms with E-state index < -0.39 is 4.92 Å². The van der Waals surface area contributed by atoms with Gasteiger partial charge in [0.1, 0.15) is 0 Å². The Morgan fingerprint density at radius 3 is 2.24 bits per heavy atom. The second-order valence-corrected chi connectivity index (χ2v) is 6.15. The van der Waals surface area contributed by atoms with Crippen LogP contribution in [0.15, 0.2) is 66.7 Å². The molecule has 0 saturated heterocycles. The quantitative estimate of drug-likeness (QED) is 0.330. The van der Waals surface area contributed by atoms with Crippen LogP contribution in [0.1, 0.15) is 15.9 Å². The first-order valence-corrected chi connectivity index (χ1v) is 8.06. The van der Waals surface area contributed by atoms with Crippen molar-refractivity contribution in [2.24, 2.45) is 0 Å². The van der Waals surface area contributed by atoms with E-state index in [0.717, 1.165) is 0 Å². The Kier molecular flexibility index (Phi) is 4.83. The van der Waals surface area contributed by atoms with Gasteiger partial charge in [-0.1, -0.05) is 59.6 Å². The zero-order valence-corrected chi connectivity index (χ0v) is 14.3. The summed E-state index contributed by atoms with van der Waals surface area (Å²) in [5.41, 5.74) is 1.60. The van der Waals surface area contributed by atoms with Gasteiger partial charge in [-0.2, -0.15) is 0 Å². The van der Waals surface area contributed by atoms with Gasteiger partial charge in [0.2, 0.25) is 0 Å². The number of non-ortho nitro benzene ring substituents is 1. The lowest BCUT2D eigenvalue weighted by Crippen LogP contribution is -2.04. The molecule has 25 heavy (non-hydrogen) atoms. The molecule has 0 amide bonds. The Morgan fingerprint density at radius 2 is 1.60 bits per heavy atom. The minimum atomic E-state index is -0.510. The molecule has 0 aliphatic rings. The van der Waals surface area contributed by atoms with Gasteiger partial charge in [0.05, 0.1) is 4.92 Å². The van der Waals surface area contributed by atoms with Gasteiger partial charge in [0, 0.05) is 44.4 Å². The van der Waals surface area contributed by atoms with Crippen molar-refractivity contribution in [3.8, 4) is 11.1 Å². The first-order valence-electron chi connectivity index (χ1n) is 7.31. The predicted octanol–water partition coefficient (Wildman–Crippen LogP) is 5.80. The second-order valence-electron chi connectivity index (χ2n) is 5.31. The first-order chi connectivity index (χ1) is 12.0. The molecule has 6 heteroatoms. The van der Waals surface area contributed by atoms with Crippen LogP contribution in [0.4, 0.5) is 5.69 Å². The highest BCUT2D eigenvalue weighted by Gasteiger charge is 2.20. The van der Waals surface area contributed by atoms with Crippen LogP contribution < -0.4 is 0 Å². The molecule has 0 aliphatic heterocycles. The molecule has 3 aromatic carbocycles. The van der Waals surface area contributed by atoms with Crippen LogP contribution in [0.2, 0.25) is 10.0 Å². The number of hydrogen-bond acceptors (Lipinski definition) is 3. The van der Waals surface area contributed by atoms with E-state index in [1.54, 1.807) is 36.4 Å². The highest BCUT2D eigenvalue weighted by atomic mass is 35.5. The molecule has 0 N–H and O–H groups in total. The zero-order valence-electron chi connectivity index (χ0n) is 12.8. The smallest absolute Gasteiger partial charge is 0.270 e. The largest absolute Gasteiger partial charge is 0.289 e. The monoisotopic (exact) mass is 371 g/mol. The summed E-state index contributed by atoms with van der Waals surface area (Å²) in [4.78, 5) is 23.5. The standard InChI is InChI=1S/C19H11Cl2NO3/c20-13-6-8-15(18(21)10-13)17-11-14(22(24)25)7-9-16(17)19(23)12-4-2-1-3-5-12/h1-11H. The summed E-state index contributed by atoms with van der Waals surface area (Å²) in [5.74, 6) is -0.239. The molecule has 0 aliphatic carbocycles. The van der Waals surface area contributed by atoms with Gasteiger partial charge < -0.3 is 0 Å². The number of hydrogen-bond donors (Lipinski definition) is 0. The van der Waals surface area contributed by atoms with E-state index in [-0.39, 0.29) is 11.5 Å². The van der Waals surface area contributed by atoms with Crippen molar-refractivity contribution in [2.75, 3.05) is 0 Å². The molecule has 124 valence electrons. The van der Waals surface area contributed by atoms with Crippen LogP contribution in [0.5, 0.6) is 0 Å². The average Bonchev–Trinajstić information content (AvgIpc) is 2.61.